The monoisotopic (exact) mass is 521 g/mol. The molecule has 6 nitrogen and oxygen atoms in total. The van der Waals surface area contributed by atoms with E-state index in [0.717, 1.165) is 47.3 Å². The van der Waals surface area contributed by atoms with E-state index in [2.05, 4.69) is 29.6 Å². The smallest absolute Gasteiger partial charge is 0.407 e. The largest absolute Gasteiger partial charge is 0.445 e. The summed E-state index contributed by atoms with van der Waals surface area (Å²) in [6.45, 7) is 1.17. The Labute approximate surface area is 228 Å². The Morgan fingerprint density at radius 1 is 0.872 bits per heavy atom. The number of para-hydroxylation sites is 1. The number of nitrogens with zero attached hydrogens (tertiary/aromatic N) is 1. The number of hydrogen-bond donors (Lipinski definition) is 1. The highest BCUT2D eigenvalue weighted by Crippen LogP contribution is 2.60. The molecule has 0 spiro atoms. The van der Waals surface area contributed by atoms with Crippen molar-refractivity contribution in [1.82, 2.24) is 9.96 Å². The average molecular weight is 522 g/mol. The molecular weight excluding hydrogens is 488 g/mol. The predicted molar refractivity (Wildman–Crippen MR) is 148 cm³/mol. The molecular formula is C33H33N2O4+. The summed E-state index contributed by atoms with van der Waals surface area (Å²) in [7, 11) is 0. The first kappa shape index (κ1) is 24.3. The average Bonchev–Trinajstić information content (AvgIpc) is 3.27. The van der Waals surface area contributed by atoms with Crippen LogP contribution in [0.2, 0.25) is 0 Å². The molecule has 2 aliphatic heterocycles. The van der Waals surface area contributed by atoms with Crippen LogP contribution >= 0.6 is 0 Å². The minimum Gasteiger partial charge on any atom is -0.445 e. The molecule has 39 heavy (non-hydrogen) atoms. The molecule has 2 heterocycles. The summed E-state index contributed by atoms with van der Waals surface area (Å²) in [6, 6.07) is 28.0. The van der Waals surface area contributed by atoms with E-state index in [1.807, 2.05) is 60.7 Å². The zero-order valence-electron chi connectivity index (χ0n) is 21.9. The first-order chi connectivity index (χ1) is 19.1. The molecule has 7 rings (SSSR count). The van der Waals surface area contributed by atoms with Crippen molar-refractivity contribution in [3.05, 3.63) is 113 Å². The van der Waals surface area contributed by atoms with Crippen molar-refractivity contribution in [3.63, 3.8) is 0 Å². The third-order valence-electron chi connectivity index (χ3n) is 9.02. The van der Waals surface area contributed by atoms with Gasteiger partial charge in [0, 0.05) is 24.0 Å². The van der Waals surface area contributed by atoms with Crippen LogP contribution in [0, 0.1) is 11.8 Å². The van der Waals surface area contributed by atoms with Gasteiger partial charge in [-0.25, -0.2) is 4.79 Å². The number of allylic oxidation sites excluding steroid dienone is 1. The van der Waals surface area contributed by atoms with Crippen LogP contribution in [0.25, 0.3) is 0 Å². The Morgan fingerprint density at radius 3 is 2.33 bits per heavy atom. The third-order valence-corrected chi connectivity index (χ3v) is 9.02. The first-order valence-corrected chi connectivity index (χ1v) is 14.0. The molecule has 4 aliphatic rings. The second-order valence-corrected chi connectivity index (χ2v) is 11.2. The molecule has 0 bridgehead atoms. The minimum atomic E-state index is -0.410. The normalized spacial score (nSPS) is 28.5. The topological polar surface area (TPSA) is 64.6 Å². The second kappa shape index (κ2) is 9.78. The first-order valence-electron chi connectivity index (χ1n) is 14.0. The Balaban J connectivity index is 1.28. The number of hydroxylamine groups is 2. The highest BCUT2D eigenvalue weighted by atomic mass is 16.7. The summed E-state index contributed by atoms with van der Waals surface area (Å²) in [5, 5.41) is 3.25. The standard InChI is InChI=1S/C33H32N2O4/c36-29-18-24-14-9-16-25-27(34-33(37)38-20-22-10-3-1-4-11-22)19-35(39-21-23-12-5-2-6-13-23)28-17-8-7-15-26(28)31(29)32(35)30(24)25/h1-8,10-13,15,17,24-25,27,31H,9,14,16,18-21H2/p+1. The lowest BCUT2D eigenvalue weighted by Crippen LogP contribution is -2.63. The molecule has 3 aromatic rings. The maximum Gasteiger partial charge on any atom is 0.407 e. The number of carbonyl (C=O) groups is 2. The molecule has 1 saturated carbocycles. The van der Waals surface area contributed by atoms with E-state index in [4.69, 9.17) is 9.57 Å². The molecule has 5 atom stereocenters. The van der Waals surface area contributed by atoms with Gasteiger partial charge in [-0.15, -0.1) is 4.65 Å². The maximum absolute atomic E-state index is 13.7. The van der Waals surface area contributed by atoms with Crippen molar-refractivity contribution in [2.75, 3.05) is 6.54 Å². The number of ketones is 1. The summed E-state index contributed by atoms with van der Waals surface area (Å²) in [4.78, 5) is 33.8. The van der Waals surface area contributed by atoms with Crippen LogP contribution in [-0.2, 0) is 27.6 Å². The fraction of sp³-hybridized carbons (Fsp3) is 0.333. The van der Waals surface area contributed by atoms with Gasteiger partial charge in [0.1, 0.15) is 25.7 Å². The molecule has 5 unspecified atom stereocenters. The van der Waals surface area contributed by atoms with Crippen molar-refractivity contribution >= 4 is 17.6 Å². The summed E-state index contributed by atoms with van der Waals surface area (Å²) >= 11 is 0. The Bertz CT molecular complexity index is 1440. The molecule has 1 amide bonds. The molecule has 2 aliphatic carbocycles. The molecule has 3 aromatic carbocycles. The van der Waals surface area contributed by atoms with Crippen LogP contribution in [0.15, 0.2) is 96.2 Å². The quantitative estimate of drug-likeness (QED) is 0.394. The van der Waals surface area contributed by atoms with Crippen LogP contribution in [0.3, 0.4) is 0 Å². The van der Waals surface area contributed by atoms with E-state index in [-0.39, 0.29) is 35.0 Å². The number of fused-ring (bicyclic) bond motifs is 3. The molecule has 198 valence electrons. The van der Waals surface area contributed by atoms with Gasteiger partial charge in [0.2, 0.25) is 0 Å². The fourth-order valence-corrected chi connectivity index (χ4v) is 7.45. The van der Waals surface area contributed by atoms with Crippen molar-refractivity contribution in [2.45, 2.75) is 50.9 Å². The lowest BCUT2D eigenvalue weighted by Gasteiger charge is -2.49. The van der Waals surface area contributed by atoms with Crippen molar-refractivity contribution in [2.24, 2.45) is 11.8 Å². The van der Waals surface area contributed by atoms with E-state index < -0.39 is 6.09 Å². The highest BCUT2D eigenvalue weighted by Gasteiger charge is 2.64. The van der Waals surface area contributed by atoms with E-state index in [9.17, 15) is 9.59 Å². The molecule has 1 N–H and O–H groups in total. The van der Waals surface area contributed by atoms with Gasteiger partial charge in [-0.3, -0.25) is 4.79 Å². The zero-order valence-corrected chi connectivity index (χ0v) is 21.9. The van der Waals surface area contributed by atoms with Crippen molar-refractivity contribution < 1.29 is 19.2 Å². The number of ether oxygens (including phenoxy) is 1. The maximum atomic E-state index is 13.7. The van der Waals surface area contributed by atoms with E-state index >= 15 is 0 Å². The second-order valence-electron chi connectivity index (χ2n) is 11.2. The van der Waals surface area contributed by atoms with E-state index in [1.54, 1.807) is 0 Å². The van der Waals surface area contributed by atoms with Gasteiger partial charge in [0.15, 0.2) is 17.2 Å². The number of benzene rings is 3. The Hall–Kier alpha value is -3.74. The number of alkyl carbamates (subject to hydrolysis) is 1. The van der Waals surface area contributed by atoms with Crippen LogP contribution in [0.5, 0.6) is 0 Å². The van der Waals surface area contributed by atoms with Crippen molar-refractivity contribution in [1.29, 1.82) is 0 Å². The van der Waals surface area contributed by atoms with E-state index in [0.29, 0.717) is 25.4 Å². The molecule has 0 aromatic heterocycles. The molecule has 0 radical (unpaired) electrons. The number of Topliss-reactive ketones (excluding diaryl/α,β-unsaturated/α-hetero) is 1. The van der Waals surface area contributed by atoms with Gasteiger partial charge in [-0.2, -0.15) is 4.84 Å². The predicted octanol–water partition coefficient (Wildman–Crippen LogP) is 6.17. The minimum absolute atomic E-state index is 0.161. The summed E-state index contributed by atoms with van der Waals surface area (Å²) in [5.74, 6) is 0.415. The summed E-state index contributed by atoms with van der Waals surface area (Å²) < 4.78 is 5.84. The lowest BCUT2D eigenvalue weighted by molar-refractivity contribution is -0.150. The summed E-state index contributed by atoms with van der Waals surface area (Å²) in [6.07, 6.45) is 3.22. The van der Waals surface area contributed by atoms with Crippen LogP contribution in [0.4, 0.5) is 10.5 Å². The number of hydrogen-bond acceptors (Lipinski definition) is 4. The zero-order chi connectivity index (χ0) is 26.4. The molecule has 1 fully saturated rings. The van der Waals surface area contributed by atoms with E-state index in [1.165, 1.54) is 5.57 Å². The lowest BCUT2D eigenvalue weighted by atomic mass is 9.64. The van der Waals surface area contributed by atoms with Gasteiger partial charge in [0.05, 0.1) is 6.04 Å². The van der Waals surface area contributed by atoms with Gasteiger partial charge in [0.25, 0.3) is 0 Å². The van der Waals surface area contributed by atoms with Gasteiger partial charge in [-0.05, 0) is 35.5 Å². The van der Waals surface area contributed by atoms with Crippen LogP contribution in [-0.4, -0.2) is 24.5 Å². The van der Waals surface area contributed by atoms with Gasteiger partial charge in [-0.1, -0.05) is 85.3 Å². The van der Waals surface area contributed by atoms with Gasteiger partial charge >= 0.3 is 6.09 Å². The number of rotatable bonds is 6. The number of amides is 1. The molecule has 6 heteroatoms. The SMILES string of the molecule is O=C(NC1C[N+]2(OCc3ccccc3)C3=C4C(CCCC41)CC(=O)C3c1ccccc12)OCc1ccccc1. The van der Waals surface area contributed by atoms with Crippen molar-refractivity contribution in [3.8, 4) is 0 Å². The number of carbonyl (C=O) groups excluding carboxylic acids is 2. The fourth-order valence-electron chi connectivity index (χ4n) is 7.45. The van der Waals surface area contributed by atoms with Crippen LogP contribution < -0.4 is 9.96 Å². The summed E-state index contributed by atoms with van der Waals surface area (Å²) in [5.41, 5.74) is 6.56. The Kier molecular flexibility index (Phi) is 6.09. The number of quaternary nitrogens is 1. The highest BCUT2D eigenvalue weighted by molar-refractivity contribution is 5.95. The third kappa shape index (κ3) is 4.10. The number of nitrogens with one attached hydrogen (secondary N) is 1. The molecule has 0 saturated heterocycles. The van der Waals surface area contributed by atoms with Gasteiger partial charge < -0.3 is 10.1 Å². The van der Waals surface area contributed by atoms with Crippen LogP contribution in [0.1, 0.15) is 48.3 Å². The Morgan fingerprint density at radius 2 is 1.56 bits per heavy atom.